The number of halogens is 4. The van der Waals surface area contributed by atoms with Crippen molar-refractivity contribution in [3.63, 3.8) is 0 Å². The van der Waals surface area contributed by atoms with Crippen LogP contribution in [0.5, 0.6) is 0 Å². The third-order valence-electron chi connectivity index (χ3n) is 5.13. The fraction of sp³-hybridized carbons (Fsp3) is 0.0370. The lowest BCUT2D eigenvalue weighted by Crippen LogP contribution is -2.08. The number of rotatable bonds is 5. The number of amides is 1. The molecule has 0 fully saturated rings. The molecule has 0 spiro atoms. The molecule has 4 aromatic rings. The van der Waals surface area contributed by atoms with Crippen molar-refractivity contribution in [1.29, 1.82) is 0 Å². The van der Waals surface area contributed by atoms with Gasteiger partial charge in [0.1, 0.15) is 0 Å². The maximum absolute atomic E-state index is 13.0. The molecule has 7 heteroatoms. The van der Waals surface area contributed by atoms with Crippen LogP contribution in [0.2, 0.25) is 5.02 Å². The van der Waals surface area contributed by atoms with Gasteiger partial charge in [-0.1, -0.05) is 60.2 Å². The van der Waals surface area contributed by atoms with Gasteiger partial charge in [-0.05, 0) is 53.1 Å². The van der Waals surface area contributed by atoms with Gasteiger partial charge < -0.3 is 5.32 Å². The van der Waals surface area contributed by atoms with Crippen molar-refractivity contribution in [2.75, 3.05) is 5.32 Å². The molecule has 3 aromatic carbocycles. The molecular weight excluding hydrogens is 461 g/mol. The first kappa shape index (κ1) is 23.3. The van der Waals surface area contributed by atoms with Crippen molar-refractivity contribution in [3.8, 4) is 0 Å². The van der Waals surface area contributed by atoms with E-state index in [4.69, 9.17) is 11.6 Å². The molecular formula is C27H18ClF3N2O. The number of carbonyl (C=O) groups excluding carboxylic acids is 1. The molecule has 1 aromatic heterocycles. The second-order valence-electron chi connectivity index (χ2n) is 7.41. The van der Waals surface area contributed by atoms with Crippen molar-refractivity contribution in [3.05, 3.63) is 125 Å². The molecule has 0 radical (unpaired) electrons. The molecule has 1 N–H and O–H groups in total. The van der Waals surface area contributed by atoms with Gasteiger partial charge in [0, 0.05) is 40.0 Å². The summed E-state index contributed by atoms with van der Waals surface area (Å²) in [6.07, 6.45) is 3.55. The first-order valence-corrected chi connectivity index (χ1v) is 10.6. The Morgan fingerprint density at radius 3 is 2.26 bits per heavy atom. The number of allylic oxidation sites excluding steroid dienone is 2. The molecule has 170 valence electrons. The van der Waals surface area contributed by atoms with Crippen LogP contribution in [0.3, 0.4) is 0 Å². The van der Waals surface area contributed by atoms with Gasteiger partial charge in [-0.2, -0.15) is 13.2 Å². The van der Waals surface area contributed by atoms with E-state index in [-0.39, 0.29) is 5.91 Å². The number of hydrogen-bond donors (Lipinski definition) is 1. The Morgan fingerprint density at radius 1 is 0.912 bits per heavy atom. The van der Waals surface area contributed by atoms with Crippen molar-refractivity contribution < 1.29 is 18.0 Å². The van der Waals surface area contributed by atoms with E-state index in [0.717, 1.165) is 28.5 Å². The van der Waals surface area contributed by atoms with E-state index >= 15 is 0 Å². The molecule has 0 bridgehead atoms. The number of hydrogen-bond acceptors (Lipinski definition) is 2. The van der Waals surface area contributed by atoms with Crippen molar-refractivity contribution in [2.45, 2.75) is 6.18 Å². The van der Waals surface area contributed by atoms with Gasteiger partial charge in [0.05, 0.1) is 5.56 Å². The molecule has 3 nitrogen and oxygen atoms in total. The average molecular weight is 479 g/mol. The Labute approximate surface area is 199 Å². The summed E-state index contributed by atoms with van der Waals surface area (Å²) < 4.78 is 38.9. The predicted octanol–water partition coefficient (Wildman–Crippen LogP) is 7.53. The summed E-state index contributed by atoms with van der Waals surface area (Å²) in [6.45, 7) is 0. The Morgan fingerprint density at radius 2 is 1.59 bits per heavy atom. The van der Waals surface area contributed by atoms with Gasteiger partial charge in [-0.3, -0.25) is 9.78 Å². The largest absolute Gasteiger partial charge is 0.416 e. The van der Waals surface area contributed by atoms with E-state index in [2.05, 4.69) is 10.3 Å². The highest BCUT2D eigenvalue weighted by atomic mass is 35.5. The summed E-state index contributed by atoms with van der Waals surface area (Å²) in [4.78, 5) is 16.6. The molecule has 0 atom stereocenters. The summed E-state index contributed by atoms with van der Waals surface area (Å²) in [5.74, 6) is -0.344. The molecule has 0 aliphatic heterocycles. The normalized spacial score (nSPS) is 12.3. The smallest absolute Gasteiger partial charge is 0.322 e. The van der Waals surface area contributed by atoms with Gasteiger partial charge in [-0.15, -0.1) is 0 Å². The SMILES string of the molecule is O=C(C=CC=C(c1ccc(Cl)cc1)c1ccc(C(F)(F)F)cc1)Nc1cccc2cnccc12. The lowest BCUT2D eigenvalue weighted by Gasteiger charge is -2.11. The number of anilines is 1. The average Bonchev–Trinajstić information content (AvgIpc) is 2.82. The molecule has 1 heterocycles. The number of aromatic nitrogens is 1. The standard InChI is InChI=1S/C27H18ClF3N2O/c28-22-13-9-19(10-14-22)23(18-7-11-21(12-8-18)27(29,30)31)4-2-6-26(34)33-25-5-1-3-20-17-32-16-15-24(20)25/h1-17H,(H,33,34). The highest BCUT2D eigenvalue weighted by Gasteiger charge is 2.30. The topological polar surface area (TPSA) is 42.0 Å². The highest BCUT2D eigenvalue weighted by molar-refractivity contribution is 6.30. The van der Waals surface area contributed by atoms with Crippen LogP contribution in [0.4, 0.5) is 18.9 Å². The van der Waals surface area contributed by atoms with Crippen LogP contribution < -0.4 is 5.32 Å². The summed E-state index contributed by atoms with van der Waals surface area (Å²) in [5.41, 5.74) is 1.88. The molecule has 1 amide bonds. The van der Waals surface area contributed by atoms with Crippen LogP contribution in [0.25, 0.3) is 16.3 Å². The van der Waals surface area contributed by atoms with Crippen LogP contribution in [0.15, 0.2) is 103 Å². The first-order valence-electron chi connectivity index (χ1n) is 10.3. The molecule has 0 aliphatic carbocycles. The van der Waals surface area contributed by atoms with E-state index in [1.54, 1.807) is 54.9 Å². The Kier molecular flexibility index (Phi) is 6.80. The van der Waals surface area contributed by atoms with Gasteiger partial charge in [-0.25, -0.2) is 0 Å². The lowest BCUT2D eigenvalue weighted by atomic mass is 9.96. The highest BCUT2D eigenvalue weighted by Crippen LogP contribution is 2.32. The van der Waals surface area contributed by atoms with Crippen molar-refractivity contribution in [2.24, 2.45) is 0 Å². The quantitative estimate of drug-likeness (QED) is 0.238. The van der Waals surface area contributed by atoms with Crippen molar-refractivity contribution >= 4 is 39.5 Å². The summed E-state index contributed by atoms with van der Waals surface area (Å²) in [5, 5.41) is 5.14. The molecule has 34 heavy (non-hydrogen) atoms. The van der Waals surface area contributed by atoms with E-state index in [1.165, 1.54) is 18.2 Å². The minimum absolute atomic E-state index is 0.344. The lowest BCUT2D eigenvalue weighted by molar-refractivity contribution is -0.137. The number of fused-ring (bicyclic) bond motifs is 1. The number of pyridine rings is 1. The molecule has 0 saturated heterocycles. The van der Waals surface area contributed by atoms with Crippen LogP contribution in [0.1, 0.15) is 16.7 Å². The fourth-order valence-electron chi connectivity index (χ4n) is 3.47. The second-order valence-corrected chi connectivity index (χ2v) is 7.85. The minimum atomic E-state index is -4.42. The monoisotopic (exact) mass is 478 g/mol. The molecule has 0 saturated carbocycles. The van der Waals surface area contributed by atoms with Crippen molar-refractivity contribution in [1.82, 2.24) is 4.98 Å². The van der Waals surface area contributed by atoms with E-state index < -0.39 is 11.7 Å². The predicted molar refractivity (Wildman–Crippen MR) is 129 cm³/mol. The summed E-state index contributed by atoms with van der Waals surface area (Å²) in [6, 6.07) is 19.1. The van der Waals surface area contributed by atoms with Gasteiger partial charge in [0.2, 0.25) is 5.91 Å². The van der Waals surface area contributed by atoms with Gasteiger partial charge in [0.25, 0.3) is 0 Å². The van der Waals surface area contributed by atoms with Crippen LogP contribution in [0, 0.1) is 0 Å². The van der Waals surface area contributed by atoms with Gasteiger partial charge in [0.15, 0.2) is 0 Å². The number of alkyl halides is 3. The Hall–Kier alpha value is -3.90. The first-order chi connectivity index (χ1) is 16.3. The van der Waals surface area contributed by atoms with Crippen LogP contribution >= 0.6 is 11.6 Å². The van der Waals surface area contributed by atoms with E-state index in [0.29, 0.717) is 21.8 Å². The third kappa shape index (κ3) is 5.53. The third-order valence-corrected chi connectivity index (χ3v) is 5.38. The number of nitrogens with zero attached hydrogens (tertiary/aromatic N) is 1. The zero-order valence-corrected chi connectivity index (χ0v) is 18.4. The maximum Gasteiger partial charge on any atom is 0.416 e. The molecule has 4 rings (SSSR count). The zero-order valence-electron chi connectivity index (χ0n) is 17.7. The fourth-order valence-corrected chi connectivity index (χ4v) is 3.59. The Bertz CT molecular complexity index is 1370. The van der Waals surface area contributed by atoms with Gasteiger partial charge >= 0.3 is 6.18 Å². The zero-order chi connectivity index (χ0) is 24.1. The van der Waals surface area contributed by atoms with E-state index in [1.807, 2.05) is 18.2 Å². The summed E-state index contributed by atoms with van der Waals surface area (Å²) in [7, 11) is 0. The second kappa shape index (κ2) is 9.93. The number of nitrogens with one attached hydrogen (secondary N) is 1. The van der Waals surface area contributed by atoms with Crippen LogP contribution in [-0.2, 0) is 11.0 Å². The van der Waals surface area contributed by atoms with E-state index in [9.17, 15) is 18.0 Å². The molecule has 0 unspecified atom stereocenters. The maximum atomic E-state index is 13.0. The number of benzene rings is 3. The number of carbonyl (C=O) groups is 1. The van der Waals surface area contributed by atoms with Crippen LogP contribution in [-0.4, -0.2) is 10.9 Å². The summed E-state index contributed by atoms with van der Waals surface area (Å²) >= 11 is 5.98. The Balaban J connectivity index is 1.61. The molecule has 0 aliphatic rings. The minimum Gasteiger partial charge on any atom is -0.322 e.